The average Bonchev–Trinajstić information content (AvgIpc) is 3.24. The molecule has 19 heavy (non-hydrogen) atoms. The van der Waals surface area contributed by atoms with E-state index in [1.165, 1.54) is 6.07 Å². The first-order valence-corrected chi connectivity index (χ1v) is 8.18. The number of aryl methyl sites for hydroxylation is 1. The Morgan fingerprint density at radius 3 is 2.53 bits per heavy atom. The molecule has 0 unspecified atom stereocenters. The van der Waals surface area contributed by atoms with E-state index in [9.17, 15) is 8.42 Å². The number of furan rings is 1. The van der Waals surface area contributed by atoms with Crippen LogP contribution in [0.15, 0.2) is 15.4 Å². The van der Waals surface area contributed by atoms with E-state index in [4.69, 9.17) is 9.52 Å². The van der Waals surface area contributed by atoms with Crippen molar-refractivity contribution in [3.05, 3.63) is 17.6 Å². The van der Waals surface area contributed by atoms with Crippen molar-refractivity contribution in [2.45, 2.75) is 50.2 Å². The number of aliphatic hydroxyl groups is 1. The predicted octanol–water partition coefficient (Wildman–Crippen LogP) is 1.64. The Labute approximate surface area is 113 Å². The van der Waals surface area contributed by atoms with Crippen LogP contribution in [-0.2, 0) is 16.6 Å². The van der Waals surface area contributed by atoms with E-state index in [1.54, 1.807) is 11.2 Å². The van der Waals surface area contributed by atoms with Crippen LogP contribution in [0.3, 0.4) is 0 Å². The molecule has 106 valence electrons. The number of aliphatic hydroxyl groups excluding tert-OH is 1. The minimum Gasteiger partial charge on any atom is -0.462 e. The van der Waals surface area contributed by atoms with Gasteiger partial charge in [-0.3, -0.25) is 0 Å². The van der Waals surface area contributed by atoms with Gasteiger partial charge in [-0.05, 0) is 38.5 Å². The maximum atomic E-state index is 12.7. The van der Waals surface area contributed by atoms with Crippen molar-refractivity contribution in [2.75, 3.05) is 6.54 Å². The molecule has 2 aliphatic rings. The third kappa shape index (κ3) is 2.57. The van der Waals surface area contributed by atoms with Crippen LogP contribution in [0, 0.1) is 12.8 Å². The van der Waals surface area contributed by atoms with Gasteiger partial charge >= 0.3 is 0 Å². The SMILES string of the molecule is Cc1oc(CO)cc1S(=O)(=O)N(CC1CC1)C1CC1. The van der Waals surface area contributed by atoms with Crippen molar-refractivity contribution in [1.29, 1.82) is 0 Å². The molecule has 0 saturated heterocycles. The number of sulfonamides is 1. The summed E-state index contributed by atoms with van der Waals surface area (Å²) in [4.78, 5) is 0.212. The molecule has 3 rings (SSSR count). The Kier molecular flexibility index (Phi) is 3.19. The summed E-state index contributed by atoms with van der Waals surface area (Å²) < 4.78 is 32.3. The van der Waals surface area contributed by atoms with Gasteiger partial charge in [0.1, 0.15) is 23.0 Å². The van der Waals surface area contributed by atoms with Crippen molar-refractivity contribution < 1.29 is 17.9 Å². The third-order valence-electron chi connectivity index (χ3n) is 3.75. The van der Waals surface area contributed by atoms with Gasteiger partial charge in [0.15, 0.2) is 0 Å². The maximum Gasteiger partial charge on any atom is 0.246 e. The van der Waals surface area contributed by atoms with Gasteiger partial charge in [-0.15, -0.1) is 0 Å². The van der Waals surface area contributed by atoms with E-state index < -0.39 is 10.0 Å². The zero-order chi connectivity index (χ0) is 13.6. The number of hydrogen-bond donors (Lipinski definition) is 1. The first-order valence-electron chi connectivity index (χ1n) is 6.74. The van der Waals surface area contributed by atoms with E-state index in [2.05, 4.69) is 0 Å². The molecule has 0 bridgehead atoms. The summed E-state index contributed by atoms with van der Waals surface area (Å²) in [5, 5.41) is 9.05. The molecule has 0 radical (unpaired) electrons. The molecule has 0 aromatic carbocycles. The monoisotopic (exact) mass is 285 g/mol. The van der Waals surface area contributed by atoms with Crippen molar-refractivity contribution in [3.8, 4) is 0 Å². The molecule has 5 nitrogen and oxygen atoms in total. The fourth-order valence-corrected chi connectivity index (χ4v) is 4.29. The molecule has 0 amide bonds. The van der Waals surface area contributed by atoms with Gasteiger partial charge in [0.2, 0.25) is 10.0 Å². The molecule has 6 heteroatoms. The van der Waals surface area contributed by atoms with Crippen molar-refractivity contribution in [1.82, 2.24) is 4.31 Å². The summed E-state index contributed by atoms with van der Waals surface area (Å²) in [6.07, 6.45) is 4.17. The van der Waals surface area contributed by atoms with Crippen LogP contribution >= 0.6 is 0 Å². The van der Waals surface area contributed by atoms with Crippen molar-refractivity contribution in [2.24, 2.45) is 5.92 Å². The van der Waals surface area contributed by atoms with Gasteiger partial charge in [0.25, 0.3) is 0 Å². The highest BCUT2D eigenvalue weighted by Crippen LogP contribution is 2.38. The Morgan fingerprint density at radius 1 is 1.37 bits per heavy atom. The molecule has 0 spiro atoms. The first-order chi connectivity index (χ1) is 9.02. The zero-order valence-corrected chi connectivity index (χ0v) is 11.8. The van der Waals surface area contributed by atoms with Gasteiger partial charge < -0.3 is 9.52 Å². The lowest BCUT2D eigenvalue weighted by molar-refractivity contribution is 0.244. The maximum absolute atomic E-state index is 12.7. The minimum atomic E-state index is -3.48. The third-order valence-corrected chi connectivity index (χ3v) is 5.78. The van der Waals surface area contributed by atoms with Crippen LogP contribution in [0.2, 0.25) is 0 Å². The summed E-state index contributed by atoms with van der Waals surface area (Å²) >= 11 is 0. The van der Waals surface area contributed by atoms with Crippen molar-refractivity contribution >= 4 is 10.0 Å². The Balaban J connectivity index is 1.91. The van der Waals surface area contributed by atoms with Crippen LogP contribution in [0.5, 0.6) is 0 Å². The summed E-state index contributed by atoms with van der Waals surface area (Å²) in [6, 6.07) is 1.62. The average molecular weight is 285 g/mol. The lowest BCUT2D eigenvalue weighted by Gasteiger charge is -2.21. The van der Waals surface area contributed by atoms with Crippen molar-refractivity contribution in [3.63, 3.8) is 0 Å². The number of hydrogen-bond acceptors (Lipinski definition) is 4. The van der Waals surface area contributed by atoms with E-state index in [0.29, 0.717) is 24.0 Å². The minimum absolute atomic E-state index is 0.164. The van der Waals surface area contributed by atoms with Gasteiger partial charge in [-0.25, -0.2) is 8.42 Å². The van der Waals surface area contributed by atoms with Gasteiger partial charge in [0.05, 0.1) is 0 Å². The molecule has 0 aliphatic heterocycles. The Bertz CT molecular complexity index is 569. The number of nitrogens with zero attached hydrogens (tertiary/aromatic N) is 1. The molecule has 1 N–H and O–H groups in total. The standard InChI is InChI=1S/C13H19NO4S/c1-9-13(6-12(8-15)18-9)19(16,17)14(11-4-5-11)7-10-2-3-10/h6,10-11,15H,2-5,7-8H2,1H3. The van der Waals surface area contributed by atoms with E-state index >= 15 is 0 Å². The van der Waals surface area contributed by atoms with E-state index in [-0.39, 0.29) is 17.5 Å². The van der Waals surface area contributed by atoms with Gasteiger partial charge in [0, 0.05) is 18.7 Å². The Hall–Kier alpha value is -0.850. The lowest BCUT2D eigenvalue weighted by Crippen LogP contribution is -2.35. The molecule has 2 fully saturated rings. The van der Waals surface area contributed by atoms with Gasteiger partial charge in [-0.2, -0.15) is 4.31 Å². The number of rotatable bonds is 6. The zero-order valence-electron chi connectivity index (χ0n) is 11.0. The highest BCUT2D eigenvalue weighted by Gasteiger charge is 2.42. The predicted molar refractivity (Wildman–Crippen MR) is 69.0 cm³/mol. The molecule has 2 aliphatic carbocycles. The first kappa shape index (κ1) is 13.1. The quantitative estimate of drug-likeness (QED) is 0.862. The van der Waals surface area contributed by atoms with Crippen LogP contribution in [0.25, 0.3) is 0 Å². The van der Waals surface area contributed by atoms with Crippen LogP contribution in [-0.4, -0.2) is 30.4 Å². The summed E-state index contributed by atoms with van der Waals surface area (Å²) in [5.74, 6) is 1.20. The lowest BCUT2D eigenvalue weighted by atomic mass is 10.4. The topological polar surface area (TPSA) is 70.8 Å². The second kappa shape index (κ2) is 4.61. The van der Waals surface area contributed by atoms with E-state index in [0.717, 1.165) is 25.7 Å². The fraction of sp³-hybridized carbons (Fsp3) is 0.692. The fourth-order valence-electron chi connectivity index (χ4n) is 2.35. The molecule has 1 heterocycles. The summed E-state index contributed by atoms with van der Waals surface area (Å²) in [6.45, 7) is 1.99. The highest BCUT2D eigenvalue weighted by atomic mass is 32.2. The molecular formula is C13H19NO4S. The molecule has 2 saturated carbocycles. The highest BCUT2D eigenvalue weighted by molar-refractivity contribution is 7.89. The molecule has 1 aromatic heterocycles. The molecular weight excluding hydrogens is 266 g/mol. The second-order valence-corrected chi connectivity index (χ2v) is 7.40. The normalized spacial score (nSPS) is 20.2. The van der Waals surface area contributed by atoms with E-state index in [1.807, 2.05) is 0 Å². The Morgan fingerprint density at radius 2 is 2.05 bits per heavy atom. The summed E-state index contributed by atoms with van der Waals surface area (Å²) in [7, 11) is -3.48. The van der Waals surface area contributed by atoms with Crippen LogP contribution in [0.4, 0.5) is 0 Å². The van der Waals surface area contributed by atoms with Crippen LogP contribution in [0.1, 0.15) is 37.2 Å². The summed E-state index contributed by atoms with van der Waals surface area (Å²) in [5.41, 5.74) is 0. The molecule has 0 atom stereocenters. The van der Waals surface area contributed by atoms with Gasteiger partial charge in [-0.1, -0.05) is 0 Å². The smallest absolute Gasteiger partial charge is 0.246 e. The second-order valence-electron chi connectivity index (χ2n) is 5.54. The van der Waals surface area contributed by atoms with Crippen LogP contribution < -0.4 is 0 Å². The largest absolute Gasteiger partial charge is 0.462 e. The molecule has 1 aromatic rings.